The van der Waals surface area contributed by atoms with Gasteiger partial charge in [-0.1, -0.05) is 12.2 Å². The average molecular weight is 272 g/mol. The average Bonchev–Trinajstić information content (AvgIpc) is 2.67. The molecule has 0 unspecified atom stereocenters. The van der Waals surface area contributed by atoms with Crippen molar-refractivity contribution in [3.63, 3.8) is 0 Å². The first-order valence-corrected chi connectivity index (χ1v) is 6.67. The fraction of sp³-hybridized carbons (Fsp3) is 0.786. The van der Waals surface area contributed by atoms with Crippen molar-refractivity contribution < 1.29 is 24.1 Å². The van der Waals surface area contributed by atoms with E-state index in [4.69, 9.17) is 9.47 Å². The second kappa shape index (κ2) is 7.62. The Hall–Kier alpha value is -0.910. The Morgan fingerprint density at radius 2 is 2.00 bits per heavy atom. The number of carbonyl (C=O) groups is 1. The molecule has 0 spiro atoms. The number of hydrogen-bond acceptors (Lipinski definition) is 5. The van der Waals surface area contributed by atoms with Crippen molar-refractivity contribution >= 4 is 5.97 Å². The highest BCUT2D eigenvalue weighted by Gasteiger charge is 2.39. The molecule has 1 heterocycles. The summed E-state index contributed by atoms with van der Waals surface area (Å²) in [5.41, 5.74) is 0. The lowest BCUT2D eigenvalue weighted by Crippen LogP contribution is -2.25. The van der Waals surface area contributed by atoms with Gasteiger partial charge in [-0.25, -0.2) is 0 Å². The summed E-state index contributed by atoms with van der Waals surface area (Å²) in [5, 5.41) is 9.22. The molecule has 1 rings (SSSR count). The molecule has 0 aliphatic carbocycles. The maximum atomic E-state index is 10.9. The lowest BCUT2D eigenvalue weighted by Gasteiger charge is -2.16. The Morgan fingerprint density at radius 3 is 2.63 bits per heavy atom. The molecule has 0 aromatic heterocycles. The van der Waals surface area contributed by atoms with Gasteiger partial charge in [-0.2, -0.15) is 0 Å². The second-order valence-electron chi connectivity index (χ2n) is 5.07. The summed E-state index contributed by atoms with van der Waals surface area (Å²) in [4.78, 5) is 10.9. The molecule has 1 fully saturated rings. The van der Waals surface area contributed by atoms with Gasteiger partial charge >= 0.3 is 5.97 Å². The lowest BCUT2D eigenvalue weighted by molar-refractivity contribution is -0.148. The first kappa shape index (κ1) is 16.1. The zero-order valence-corrected chi connectivity index (χ0v) is 11.9. The number of carbonyl (C=O) groups excluding carboxylic acids is 1. The summed E-state index contributed by atoms with van der Waals surface area (Å²) >= 11 is 0. The summed E-state index contributed by atoms with van der Waals surface area (Å²) in [6.45, 7) is 3.65. The number of esters is 1. The van der Waals surface area contributed by atoms with Crippen molar-refractivity contribution in [2.24, 2.45) is 0 Å². The second-order valence-corrected chi connectivity index (χ2v) is 5.07. The number of unbranched alkanes of at least 4 members (excludes halogenated alkanes) is 1. The maximum absolute atomic E-state index is 10.9. The maximum Gasteiger partial charge on any atom is 0.305 e. The molecular formula is C14H24O5. The van der Waals surface area contributed by atoms with Crippen molar-refractivity contribution in [2.45, 2.75) is 57.5 Å². The third-order valence-electron chi connectivity index (χ3n) is 2.98. The van der Waals surface area contributed by atoms with Crippen molar-refractivity contribution in [1.82, 2.24) is 0 Å². The molecule has 0 aromatic carbocycles. The third-order valence-corrected chi connectivity index (χ3v) is 2.98. The van der Waals surface area contributed by atoms with E-state index in [1.54, 1.807) is 0 Å². The minimum Gasteiger partial charge on any atom is -0.469 e. The zero-order chi connectivity index (χ0) is 14.3. The monoisotopic (exact) mass is 272 g/mol. The van der Waals surface area contributed by atoms with E-state index in [1.807, 2.05) is 26.0 Å². The van der Waals surface area contributed by atoms with Gasteiger partial charge in [-0.15, -0.1) is 0 Å². The summed E-state index contributed by atoms with van der Waals surface area (Å²) in [7, 11) is 1.40. The predicted molar refractivity (Wildman–Crippen MR) is 70.5 cm³/mol. The van der Waals surface area contributed by atoms with Crippen LogP contribution in [-0.2, 0) is 19.0 Å². The van der Waals surface area contributed by atoms with Crippen molar-refractivity contribution in [2.75, 3.05) is 13.7 Å². The largest absolute Gasteiger partial charge is 0.469 e. The van der Waals surface area contributed by atoms with E-state index in [0.29, 0.717) is 12.8 Å². The summed E-state index contributed by atoms with van der Waals surface area (Å²) in [5.74, 6) is -0.806. The zero-order valence-electron chi connectivity index (χ0n) is 11.9. The van der Waals surface area contributed by atoms with Crippen LogP contribution in [0.3, 0.4) is 0 Å². The van der Waals surface area contributed by atoms with Crippen molar-refractivity contribution in [1.29, 1.82) is 0 Å². The fourth-order valence-electron chi connectivity index (χ4n) is 2.08. The molecule has 5 heteroatoms. The number of aliphatic hydroxyl groups excluding tert-OH is 1. The van der Waals surface area contributed by atoms with Gasteiger partial charge in [0.15, 0.2) is 5.79 Å². The lowest BCUT2D eigenvalue weighted by atomic mass is 10.1. The van der Waals surface area contributed by atoms with Gasteiger partial charge in [-0.05, 0) is 33.1 Å². The Bertz CT molecular complexity index is 311. The molecule has 0 bridgehead atoms. The van der Waals surface area contributed by atoms with Crippen LogP contribution >= 0.6 is 0 Å². The van der Waals surface area contributed by atoms with E-state index in [-0.39, 0.29) is 24.8 Å². The minimum atomic E-state index is -0.628. The van der Waals surface area contributed by atoms with Gasteiger partial charge in [-0.3, -0.25) is 4.79 Å². The van der Waals surface area contributed by atoms with Crippen LogP contribution in [-0.4, -0.2) is 42.8 Å². The number of rotatable bonds is 7. The molecule has 5 nitrogen and oxygen atoms in total. The van der Waals surface area contributed by atoms with E-state index < -0.39 is 5.79 Å². The van der Waals surface area contributed by atoms with Gasteiger partial charge in [0.2, 0.25) is 0 Å². The Balaban J connectivity index is 2.22. The molecule has 1 saturated heterocycles. The molecular weight excluding hydrogens is 248 g/mol. The fourth-order valence-corrected chi connectivity index (χ4v) is 2.08. The van der Waals surface area contributed by atoms with E-state index >= 15 is 0 Å². The van der Waals surface area contributed by atoms with Gasteiger partial charge in [0.25, 0.3) is 0 Å². The molecule has 1 aliphatic heterocycles. The number of allylic oxidation sites excluding steroid dienone is 1. The van der Waals surface area contributed by atoms with Crippen LogP contribution in [0.5, 0.6) is 0 Å². The minimum absolute atomic E-state index is 0.0374. The highest BCUT2D eigenvalue weighted by molar-refractivity contribution is 5.68. The van der Waals surface area contributed by atoms with Crippen LogP contribution in [0.2, 0.25) is 0 Å². The highest BCUT2D eigenvalue weighted by Crippen LogP contribution is 2.29. The summed E-state index contributed by atoms with van der Waals surface area (Å²) in [6, 6.07) is 0. The van der Waals surface area contributed by atoms with Crippen LogP contribution in [0.1, 0.15) is 39.5 Å². The van der Waals surface area contributed by atoms with Crippen LogP contribution in [0.25, 0.3) is 0 Å². The quantitative estimate of drug-likeness (QED) is 0.435. The smallest absolute Gasteiger partial charge is 0.305 e. The van der Waals surface area contributed by atoms with E-state index in [2.05, 4.69) is 4.74 Å². The molecule has 1 aliphatic rings. The molecule has 19 heavy (non-hydrogen) atoms. The Kier molecular flexibility index (Phi) is 6.48. The topological polar surface area (TPSA) is 65.0 Å². The molecule has 2 atom stereocenters. The Morgan fingerprint density at radius 1 is 1.32 bits per heavy atom. The van der Waals surface area contributed by atoms with E-state index in [0.717, 1.165) is 12.8 Å². The summed E-state index contributed by atoms with van der Waals surface area (Å²) in [6.07, 6.45) is 6.40. The van der Waals surface area contributed by atoms with Crippen LogP contribution in [0.15, 0.2) is 12.2 Å². The van der Waals surface area contributed by atoms with Crippen LogP contribution in [0.4, 0.5) is 0 Å². The normalized spacial score (nSPS) is 25.9. The van der Waals surface area contributed by atoms with E-state index in [1.165, 1.54) is 7.11 Å². The third kappa shape index (κ3) is 5.72. The predicted octanol–water partition coefficient (Wildman–Crippen LogP) is 1.79. The van der Waals surface area contributed by atoms with Gasteiger partial charge < -0.3 is 19.3 Å². The van der Waals surface area contributed by atoms with Crippen LogP contribution < -0.4 is 0 Å². The first-order valence-electron chi connectivity index (χ1n) is 6.67. The number of hydrogen-bond donors (Lipinski definition) is 1. The SMILES string of the molecule is COC(=O)CCC/C=C\C[C@H]1OC(C)(C)O[C@@H]1CO. The van der Waals surface area contributed by atoms with E-state index in [9.17, 15) is 9.90 Å². The number of aliphatic hydroxyl groups is 1. The highest BCUT2D eigenvalue weighted by atomic mass is 16.8. The van der Waals surface area contributed by atoms with Crippen molar-refractivity contribution in [3.05, 3.63) is 12.2 Å². The van der Waals surface area contributed by atoms with Gasteiger partial charge in [0, 0.05) is 6.42 Å². The molecule has 0 saturated carbocycles. The Labute approximate surface area is 114 Å². The van der Waals surface area contributed by atoms with Crippen LogP contribution in [0, 0.1) is 0 Å². The van der Waals surface area contributed by atoms with Gasteiger partial charge in [0.1, 0.15) is 6.10 Å². The number of methoxy groups -OCH3 is 1. The number of ether oxygens (including phenoxy) is 3. The molecule has 1 N–H and O–H groups in total. The summed E-state index contributed by atoms with van der Waals surface area (Å²) < 4.78 is 15.8. The molecule has 110 valence electrons. The molecule has 0 amide bonds. The van der Waals surface area contributed by atoms with Crippen molar-refractivity contribution in [3.8, 4) is 0 Å². The molecule has 0 radical (unpaired) electrons. The molecule has 0 aromatic rings. The van der Waals surface area contributed by atoms with Gasteiger partial charge in [0.05, 0.1) is 19.8 Å². The first-order chi connectivity index (χ1) is 8.98. The standard InChI is InChI=1S/C14H24O5/c1-14(2)18-11(12(10-15)19-14)8-6-4-5-7-9-13(16)17-3/h4,6,11-12,15H,5,7-10H2,1-3H3/b6-4-/t11-,12-/m1/s1.